The number of hydrogen-bond acceptors (Lipinski definition) is 3. The van der Waals surface area contributed by atoms with Gasteiger partial charge in [0.25, 0.3) is 0 Å². The van der Waals surface area contributed by atoms with Crippen molar-refractivity contribution in [2.45, 2.75) is 40.3 Å². The quantitative estimate of drug-likeness (QED) is 0.705. The number of para-hydroxylation sites is 2. The van der Waals surface area contributed by atoms with Gasteiger partial charge >= 0.3 is 0 Å². The topological polar surface area (TPSA) is 56.2 Å². The molecular weight excluding hydrogens is 326 g/mol. The first-order valence-electron chi connectivity index (χ1n) is 8.99. The first-order chi connectivity index (χ1) is 12.6. The monoisotopic (exact) mass is 351 g/mol. The summed E-state index contributed by atoms with van der Waals surface area (Å²) < 4.78 is 7.96. The van der Waals surface area contributed by atoms with Crippen LogP contribution in [0, 0.1) is 13.8 Å². The molecule has 0 spiro atoms. The fraction of sp³-hybridized carbons (Fsp3) is 0.333. The van der Waals surface area contributed by atoms with Crippen LogP contribution < -0.4 is 10.1 Å². The Kier molecular flexibility index (Phi) is 5.56. The minimum Gasteiger partial charge on any atom is -0.485 e. The van der Waals surface area contributed by atoms with Crippen molar-refractivity contribution in [3.63, 3.8) is 0 Å². The van der Waals surface area contributed by atoms with Crippen molar-refractivity contribution < 1.29 is 9.53 Å². The van der Waals surface area contributed by atoms with E-state index in [1.807, 2.05) is 61.7 Å². The number of nitrogens with zero attached hydrogens (tertiary/aromatic N) is 2. The van der Waals surface area contributed by atoms with E-state index in [0.717, 1.165) is 40.2 Å². The van der Waals surface area contributed by atoms with E-state index in [1.54, 1.807) is 0 Å². The Morgan fingerprint density at radius 2 is 2.00 bits per heavy atom. The molecule has 0 radical (unpaired) electrons. The third kappa shape index (κ3) is 4.04. The highest BCUT2D eigenvalue weighted by molar-refractivity contribution is 5.81. The Morgan fingerprint density at radius 1 is 1.19 bits per heavy atom. The summed E-state index contributed by atoms with van der Waals surface area (Å²) in [6, 6.07) is 14.0. The van der Waals surface area contributed by atoms with E-state index in [-0.39, 0.29) is 12.5 Å². The zero-order chi connectivity index (χ0) is 18.5. The molecule has 0 aliphatic heterocycles. The molecule has 0 fully saturated rings. The van der Waals surface area contributed by atoms with Crippen LogP contribution in [-0.2, 0) is 17.9 Å². The summed E-state index contributed by atoms with van der Waals surface area (Å²) in [5, 5.41) is 2.92. The van der Waals surface area contributed by atoms with Crippen LogP contribution in [0.15, 0.2) is 42.5 Å². The number of rotatable bonds is 7. The van der Waals surface area contributed by atoms with Crippen molar-refractivity contribution in [1.29, 1.82) is 0 Å². The Balaban J connectivity index is 1.86. The molecule has 0 aliphatic rings. The van der Waals surface area contributed by atoms with Crippen LogP contribution >= 0.6 is 0 Å². The molecule has 5 nitrogen and oxygen atoms in total. The van der Waals surface area contributed by atoms with Gasteiger partial charge in [-0.15, -0.1) is 0 Å². The number of aromatic nitrogens is 2. The maximum absolute atomic E-state index is 12.2. The SMILES string of the molecule is CCCNC(=O)Cn1c(COc2cc(C)ccc2C)nc2ccccc21. The van der Waals surface area contributed by atoms with Gasteiger partial charge in [-0.2, -0.15) is 0 Å². The van der Waals surface area contributed by atoms with E-state index in [4.69, 9.17) is 4.74 Å². The molecule has 0 saturated heterocycles. The number of hydrogen-bond donors (Lipinski definition) is 1. The predicted octanol–water partition coefficient (Wildman–Crippen LogP) is 3.76. The molecule has 3 aromatic rings. The molecule has 1 heterocycles. The van der Waals surface area contributed by atoms with Crippen molar-refractivity contribution in [2.24, 2.45) is 0 Å². The van der Waals surface area contributed by atoms with E-state index >= 15 is 0 Å². The highest BCUT2D eigenvalue weighted by atomic mass is 16.5. The fourth-order valence-corrected chi connectivity index (χ4v) is 2.88. The van der Waals surface area contributed by atoms with Gasteiger partial charge in [-0.25, -0.2) is 4.98 Å². The van der Waals surface area contributed by atoms with E-state index < -0.39 is 0 Å². The molecule has 0 unspecified atom stereocenters. The number of benzene rings is 2. The van der Waals surface area contributed by atoms with Gasteiger partial charge in [0, 0.05) is 6.54 Å². The molecule has 0 aliphatic carbocycles. The van der Waals surface area contributed by atoms with Crippen LogP contribution in [0.4, 0.5) is 0 Å². The van der Waals surface area contributed by atoms with Crippen LogP contribution in [0.5, 0.6) is 5.75 Å². The lowest BCUT2D eigenvalue weighted by Crippen LogP contribution is -2.28. The summed E-state index contributed by atoms with van der Waals surface area (Å²) in [5.41, 5.74) is 4.05. The van der Waals surface area contributed by atoms with Crippen LogP contribution in [0.1, 0.15) is 30.3 Å². The van der Waals surface area contributed by atoms with Crippen molar-refractivity contribution in [1.82, 2.24) is 14.9 Å². The van der Waals surface area contributed by atoms with Gasteiger partial charge in [0.1, 0.15) is 24.7 Å². The van der Waals surface area contributed by atoms with Crippen molar-refractivity contribution in [3.8, 4) is 5.75 Å². The average molecular weight is 351 g/mol. The fourth-order valence-electron chi connectivity index (χ4n) is 2.88. The first kappa shape index (κ1) is 18.0. The number of carbonyl (C=O) groups excluding carboxylic acids is 1. The molecule has 136 valence electrons. The van der Waals surface area contributed by atoms with E-state index in [1.165, 1.54) is 0 Å². The predicted molar refractivity (Wildman–Crippen MR) is 103 cm³/mol. The number of aryl methyl sites for hydroxylation is 2. The second-order valence-electron chi connectivity index (χ2n) is 6.51. The Labute approximate surface area is 154 Å². The molecule has 0 bridgehead atoms. The number of fused-ring (bicyclic) bond motifs is 1. The van der Waals surface area contributed by atoms with Gasteiger partial charge < -0.3 is 14.6 Å². The number of ether oxygens (including phenoxy) is 1. The summed E-state index contributed by atoms with van der Waals surface area (Å²) in [7, 11) is 0. The Morgan fingerprint density at radius 3 is 2.81 bits per heavy atom. The molecule has 1 amide bonds. The third-order valence-electron chi connectivity index (χ3n) is 4.31. The van der Waals surface area contributed by atoms with Crippen molar-refractivity contribution in [2.75, 3.05) is 6.54 Å². The van der Waals surface area contributed by atoms with Crippen molar-refractivity contribution in [3.05, 3.63) is 59.4 Å². The largest absolute Gasteiger partial charge is 0.485 e. The molecular formula is C21H25N3O2. The highest BCUT2D eigenvalue weighted by Gasteiger charge is 2.14. The smallest absolute Gasteiger partial charge is 0.240 e. The number of imidazole rings is 1. The van der Waals surface area contributed by atoms with Gasteiger partial charge in [-0.05, 0) is 49.6 Å². The van der Waals surface area contributed by atoms with Gasteiger partial charge in [0.05, 0.1) is 11.0 Å². The molecule has 5 heteroatoms. The lowest BCUT2D eigenvalue weighted by Gasteiger charge is -2.12. The molecule has 0 atom stereocenters. The number of amides is 1. The Hall–Kier alpha value is -2.82. The number of carbonyl (C=O) groups is 1. The highest BCUT2D eigenvalue weighted by Crippen LogP contribution is 2.22. The van der Waals surface area contributed by atoms with Crippen molar-refractivity contribution >= 4 is 16.9 Å². The summed E-state index contributed by atoms with van der Waals surface area (Å²) in [5.74, 6) is 1.58. The molecule has 0 saturated carbocycles. The molecule has 2 aromatic carbocycles. The molecule has 1 aromatic heterocycles. The lowest BCUT2D eigenvalue weighted by molar-refractivity contribution is -0.121. The second kappa shape index (κ2) is 8.04. The second-order valence-corrected chi connectivity index (χ2v) is 6.51. The van der Waals surface area contributed by atoms with E-state index in [9.17, 15) is 4.79 Å². The minimum atomic E-state index is -0.0111. The third-order valence-corrected chi connectivity index (χ3v) is 4.31. The zero-order valence-electron chi connectivity index (χ0n) is 15.6. The minimum absolute atomic E-state index is 0.0111. The maximum Gasteiger partial charge on any atom is 0.240 e. The van der Waals surface area contributed by atoms with Gasteiger partial charge in [-0.3, -0.25) is 4.79 Å². The van der Waals surface area contributed by atoms with E-state index in [0.29, 0.717) is 13.2 Å². The van der Waals surface area contributed by atoms with Crippen LogP contribution in [0.2, 0.25) is 0 Å². The van der Waals surface area contributed by atoms with Gasteiger partial charge in [0.15, 0.2) is 0 Å². The molecule has 26 heavy (non-hydrogen) atoms. The standard InChI is InChI=1S/C21H25N3O2/c1-4-11-22-21(25)13-24-18-8-6-5-7-17(18)23-20(24)14-26-19-12-15(2)9-10-16(19)3/h5-10,12H,4,11,13-14H2,1-3H3,(H,22,25). The van der Waals surface area contributed by atoms with Crippen LogP contribution in [0.25, 0.3) is 11.0 Å². The molecule has 1 N–H and O–H groups in total. The summed E-state index contributed by atoms with van der Waals surface area (Å²) >= 11 is 0. The van der Waals surface area contributed by atoms with Gasteiger partial charge in [0.2, 0.25) is 5.91 Å². The zero-order valence-corrected chi connectivity index (χ0v) is 15.6. The van der Waals surface area contributed by atoms with Gasteiger partial charge in [-0.1, -0.05) is 31.2 Å². The average Bonchev–Trinajstić information content (AvgIpc) is 2.98. The lowest BCUT2D eigenvalue weighted by atomic mass is 10.1. The summed E-state index contributed by atoms with van der Waals surface area (Å²) in [4.78, 5) is 16.9. The number of nitrogens with one attached hydrogen (secondary N) is 1. The van der Waals surface area contributed by atoms with Crippen LogP contribution in [-0.4, -0.2) is 22.0 Å². The van der Waals surface area contributed by atoms with E-state index in [2.05, 4.69) is 16.4 Å². The summed E-state index contributed by atoms with van der Waals surface area (Å²) in [6.45, 7) is 7.34. The first-order valence-corrected chi connectivity index (χ1v) is 8.99. The normalized spacial score (nSPS) is 10.9. The Bertz CT molecular complexity index is 915. The molecule has 3 rings (SSSR count). The van der Waals surface area contributed by atoms with Crippen LogP contribution in [0.3, 0.4) is 0 Å². The maximum atomic E-state index is 12.2. The summed E-state index contributed by atoms with van der Waals surface area (Å²) in [6.07, 6.45) is 0.916.